The maximum atomic E-state index is 12.0. The zero-order valence-corrected chi connectivity index (χ0v) is 13.4. The van der Waals surface area contributed by atoms with Gasteiger partial charge in [0.15, 0.2) is 0 Å². The minimum absolute atomic E-state index is 0.0313. The molecule has 0 aliphatic heterocycles. The zero-order chi connectivity index (χ0) is 16.7. The molecule has 0 fully saturated rings. The number of carbonyl (C=O) groups is 1. The van der Waals surface area contributed by atoms with Crippen LogP contribution in [-0.2, 0) is 17.9 Å². The number of ether oxygens (including phenoxy) is 1. The first kappa shape index (κ1) is 17.0. The molecule has 2 amide bonds. The van der Waals surface area contributed by atoms with Gasteiger partial charge in [-0.3, -0.25) is 0 Å². The summed E-state index contributed by atoms with van der Waals surface area (Å²) in [6.07, 6.45) is -0.0313. The molecule has 0 aliphatic carbocycles. The summed E-state index contributed by atoms with van der Waals surface area (Å²) in [6.45, 7) is 2.26. The van der Waals surface area contributed by atoms with Crippen molar-refractivity contribution in [3.8, 4) is 0 Å². The van der Waals surface area contributed by atoms with E-state index in [9.17, 15) is 9.90 Å². The van der Waals surface area contributed by atoms with Crippen molar-refractivity contribution in [2.45, 2.75) is 26.2 Å². The number of rotatable bonds is 6. The van der Waals surface area contributed by atoms with E-state index in [0.717, 1.165) is 16.7 Å². The summed E-state index contributed by atoms with van der Waals surface area (Å²) in [6, 6.07) is 14.7. The molecule has 1 unspecified atom stereocenters. The Balaban J connectivity index is 1.95. The van der Waals surface area contributed by atoms with Crippen LogP contribution in [0.4, 0.5) is 10.5 Å². The second-order valence-corrected chi connectivity index (χ2v) is 5.24. The van der Waals surface area contributed by atoms with E-state index in [-0.39, 0.29) is 18.7 Å². The molecule has 2 rings (SSSR count). The molecular formula is C18H22N2O3. The third-order valence-corrected chi connectivity index (χ3v) is 3.70. The normalized spacial score (nSPS) is 11.8. The van der Waals surface area contributed by atoms with Crippen molar-refractivity contribution < 1.29 is 14.6 Å². The molecule has 0 radical (unpaired) electrons. The lowest BCUT2D eigenvalue weighted by Crippen LogP contribution is -2.28. The van der Waals surface area contributed by atoms with Crippen molar-refractivity contribution in [2.24, 2.45) is 0 Å². The van der Waals surface area contributed by atoms with E-state index >= 15 is 0 Å². The molecule has 0 spiro atoms. The molecular weight excluding hydrogens is 292 g/mol. The van der Waals surface area contributed by atoms with Gasteiger partial charge in [0.05, 0.1) is 12.7 Å². The molecule has 1 atom stereocenters. The Bertz CT molecular complexity index is 658. The third kappa shape index (κ3) is 4.81. The fourth-order valence-electron chi connectivity index (χ4n) is 2.24. The Morgan fingerprint density at radius 3 is 2.61 bits per heavy atom. The van der Waals surface area contributed by atoms with E-state index in [1.54, 1.807) is 7.11 Å². The topological polar surface area (TPSA) is 70.6 Å². The van der Waals surface area contributed by atoms with Gasteiger partial charge < -0.3 is 20.5 Å². The lowest BCUT2D eigenvalue weighted by molar-refractivity contribution is 0.119. The Kier molecular flexibility index (Phi) is 6.14. The van der Waals surface area contributed by atoms with E-state index in [1.807, 2.05) is 55.5 Å². The number of hydrogen-bond donors (Lipinski definition) is 3. The molecule has 0 aromatic heterocycles. The van der Waals surface area contributed by atoms with Crippen LogP contribution in [0.5, 0.6) is 0 Å². The van der Waals surface area contributed by atoms with Gasteiger partial charge in [-0.2, -0.15) is 0 Å². The highest BCUT2D eigenvalue weighted by Gasteiger charge is 2.07. The number of aliphatic hydroxyl groups excluding tert-OH is 1. The molecule has 0 bridgehead atoms. The number of hydrogen-bond acceptors (Lipinski definition) is 3. The van der Waals surface area contributed by atoms with Crippen LogP contribution < -0.4 is 10.6 Å². The smallest absolute Gasteiger partial charge is 0.319 e. The summed E-state index contributed by atoms with van der Waals surface area (Å²) in [5.74, 6) is 0. The van der Waals surface area contributed by atoms with E-state index in [2.05, 4.69) is 10.6 Å². The predicted molar refractivity (Wildman–Crippen MR) is 90.1 cm³/mol. The van der Waals surface area contributed by atoms with Crippen molar-refractivity contribution in [1.29, 1.82) is 0 Å². The number of anilines is 1. The van der Waals surface area contributed by atoms with Gasteiger partial charge in [0.1, 0.15) is 0 Å². The van der Waals surface area contributed by atoms with Crippen molar-refractivity contribution in [2.75, 3.05) is 12.4 Å². The second-order valence-electron chi connectivity index (χ2n) is 5.24. The van der Waals surface area contributed by atoms with Gasteiger partial charge in [0, 0.05) is 19.3 Å². The van der Waals surface area contributed by atoms with Crippen LogP contribution in [0.3, 0.4) is 0 Å². The van der Waals surface area contributed by atoms with Crippen LogP contribution in [0.1, 0.15) is 29.7 Å². The predicted octanol–water partition coefficient (Wildman–Crippen LogP) is 3.21. The van der Waals surface area contributed by atoms with Gasteiger partial charge in [0.2, 0.25) is 0 Å². The fraction of sp³-hybridized carbons (Fsp3) is 0.278. The van der Waals surface area contributed by atoms with Crippen molar-refractivity contribution >= 4 is 11.7 Å². The molecule has 0 saturated carbocycles. The Hall–Kier alpha value is -2.37. The third-order valence-electron chi connectivity index (χ3n) is 3.70. The lowest BCUT2D eigenvalue weighted by Gasteiger charge is -2.13. The SMILES string of the molecule is COC(C)c1cccc(NC(=O)NCc2ccccc2CO)c1. The first-order valence-corrected chi connectivity index (χ1v) is 7.49. The van der Waals surface area contributed by atoms with Crippen LogP contribution in [0.2, 0.25) is 0 Å². The lowest BCUT2D eigenvalue weighted by atomic mass is 10.1. The largest absolute Gasteiger partial charge is 0.392 e. The highest BCUT2D eigenvalue weighted by Crippen LogP contribution is 2.19. The average Bonchev–Trinajstić information content (AvgIpc) is 2.59. The van der Waals surface area contributed by atoms with Gasteiger partial charge in [-0.25, -0.2) is 4.79 Å². The summed E-state index contributed by atoms with van der Waals surface area (Å²) in [5, 5.41) is 14.9. The molecule has 5 nitrogen and oxygen atoms in total. The maximum Gasteiger partial charge on any atom is 0.319 e. The van der Waals surface area contributed by atoms with Gasteiger partial charge in [-0.15, -0.1) is 0 Å². The van der Waals surface area contributed by atoms with Crippen LogP contribution in [0, 0.1) is 0 Å². The van der Waals surface area contributed by atoms with Crippen LogP contribution in [-0.4, -0.2) is 18.2 Å². The standard InChI is InChI=1S/C18H22N2O3/c1-13(23-2)14-8-5-9-17(10-14)20-18(22)19-11-15-6-3-4-7-16(15)12-21/h3-10,13,21H,11-12H2,1-2H3,(H2,19,20,22). The number of benzene rings is 2. The second kappa shape index (κ2) is 8.31. The minimum Gasteiger partial charge on any atom is -0.392 e. The first-order valence-electron chi connectivity index (χ1n) is 7.49. The van der Waals surface area contributed by atoms with Crippen LogP contribution in [0.15, 0.2) is 48.5 Å². The Labute approximate surface area is 136 Å². The van der Waals surface area contributed by atoms with Gasteiger partial charge in [0.25, 0.3) is 0 Å². The number of urea groups is 1. The Morgan fingerprint density at radius 1 is 1.17 bits per heavy atom. The highest BCUT2D eigenvalue weighted by atomic mass is 16.5. The summed E-state index contributed by atoms with van der Waals surface area (Å²) in [7, 11) is 1.65. The first-order chi connectivity index (χ1) is 11.1. The highest BCUT2D eigenvalue weighted by molar-refractivity contribution is 5.89. The van der Waals surface area contributed by atoms with Gasteiger partial charge in [-0.05, 0) is 35.7 Å². The van der Waals surface area contributed by atoms with Gasteiger partial charge in [-0.1, -0.05) is 36.4 Å². The molecule has 2 aromatic rings. The van der Waals surface area contributed by atoms with E-state index in [0.29, 0.717) is 12.2 Å². The molecule has 0 aliphatic rings. The molecule has 3 N–H and O–H groups in total. The minimum atomic E-state index is -0.292. The maximum absolute atomic E-state index is 12.0. The summed E-state index contributed by atoms with van der Waals surface area (Å²) in [4.78, 5) is 12.0. The van der Waals surface area contributed by atoms with E-state index in [4.69, 9.17) is 4.74 Å². The van der Waals surface area contributed by atoms with Crippen molar-refractivity contribution in [3.63, 3.8) is 0 Å². The average molecular weight is 314 g/mol. The molecule has 0 saturated heterocycles. The van der Waals surface area contributed by atoms with E-state index < -0.39 is 0 Å². The molecule has 122 valence electrons. The van der Waals surface area contributed by atoms with Gasteiger partial charge >= 0.3 is 6.03 Å². The summed E-state index contributed by atoms with van der Waals surface area (Å²) in [5.41, 5.74) is 3.41. The quantitative estimate of drug-likeness (QED) is 0.767. The number of carbonyl (C=O) groups excluding carboxylic acids is 1. The number of aliphatic hydroxyl groups is 1. The van der Waals surface area contributed by atoms with E-state index in [1.165, 1.54) is 0 Å². The van der Waals surface area contributed by atoms with Crippen LogP contribution >= 0.6 is 0 Å². The molecule has 23 heavy (non-hydrogen) atoms. The molecule has 0 heterocycles. The van der Waals surface area contributed by atoms with Crippen molar-refractivity contribution in [1.82, 2.24) is 5.32 Å². The van der Waals surface area contributed by atoms with Crippen LogP contribution in [0.25, 0.3) is 0 Å². The summed E-state index contributed by atoms with van der Waals surface area (Å²) < 4.78 is 5.28. The molecule has 2 aromatic carbocycles. The number of amides is 2. The zero-order valence-electron chi connectivity index (χ0n) is 13.4. The Morgan fingerprint density at radius 2 is 1.91 bits per heavy atom. The fourth-order valence-corrected chi connectivity index (χ4v) is 2.24. The number of nitrogens with one attached hydrogen (secondary N) is 2. The number of methoxy groups -OCH3 is 1. The monoisotopic (exact) mass is 314 g/mol. The summed E-state index contributed by atoms with van der Waals surface area (Å²) >= 11 is 0. The molecule has 5 heteroatoms. The van der Waals surface area contributed by atoms with Crippen molar-refractivity contribution in [3.05, 3.63) is 65.2 Å².